The van der Waals surface area contributed by atoms with Crippen molar-refractivity contribution in [3.05, 3.63) is 0 Å². The van der Waals surface area contributed by atoms with Crippen molar-refractivity contribution in [1.29, 1.82) is 0 Å². The highest BCUT2D eigenvalue weighted by atomic mass is 16.7. The van der Waals surface area contributed by atoms with Gasteiger partial charge in [-0.3, -0.25) is 4.79 Å². The van der Waals surface area contributed by atoms with Crippen molar-refractivity contribution < 1.29 is 24.1 Å². The van der Waals surface area contributed by atoms with Gasteiger partial charge in [0, 0.05) is 20.0 Å². The Labute approximate surface area is 116 Å². The van der Waals surface area contributed by atoms with Gasteiger partial charge in [-0.1, -0.05) is 26.2 Å². The summed E-state index contributed by atoms with van der Waals surface area (Å²) in [5.74, 6) is -2.00. The maximum Gasteiger partial charge on any atom is 0.305 e. The molecule has 1 unspecified atom stereocenters. The molecule has 0 fully saturated rings. The van der Waals surface area contributed by atoms with Crippen LogP contribution in [0.15, 0.2) is 0 Å². The van der Waals surface area contributed by atoms with Gasteiger partial charge in [-0.05, 0) is 13.3 Å². The van der Waals surface area contributed by atoms with Crippen LogP contribution in [0.2, 0.25) is 0 Å². The van der Waals surface area contributed by atoms with Gasteiger partial charge in [-0.2, -0.15) is 0 Å². The fourth-order valence-electron chi connectivity index (χ4n) is 1.74. The van der Waals surface area contributed by atoms with Crippen LogP contribution in [0.5, 0.6) is 0 Å². The van der Waals surface area contributed by atoms with E-state index in [0.29, 0.717) is 26.2 Å². The molecular weight excluding hydrogens is 248 g/mol. The molecule has 0 aliphatic carbocycles. The van der Waals surface area contributed by atoms with Crippen molar-refractivity contribution in [3.8, 4) is 0 Å². The molecule has 5 heteroatoms. The fourth-order valence-corrected chi connectivity index (χ4v) is 1.74. The van der Waals surface area contributed by atoms with Gasteiger partial charge in [0.2, 0.25) is 5.79 Å². The minimum absolute atomic E-state index is 0.00816. The third kappa shape index (κ3) is 10.9. The topological polar surface area (TPSA) is 65.0 Å². The van der Waals surface area contributed by atoms with Crippen LogP contribution >= 0.6 is 0 Å². The molecule has 0 saturated carbocycles. The first-order valence-corrected chi connectivity index (χ1v) is 7.11. The highest BCUT2D eigenvalue weighted by molar-refractivity contribution is 5.66. The van der Waals surface area contributed by atoms with Crippen molar-refractivity contribution in [3.63, 3.8) is 0 Å². The van der Waals surface area contributed by atoms with Gasteiger partial charge in [-0.15, -0.1) is 0 Å². The van der Waals surface area contributed by atoms with E-state index in [1.807, 2.05) is 6.92 Å². The standard InChI is InChI=1S/C14H28O5/c1-4-6-7-8-9-14(16,19-13(3)15)12-18-11-10-17-5-2/h16H,4-12H2,1-3H3. The van der Waals surface area contributed by atoms with Crippen molar-refractivity contribution in [2.75, 3.05) is 26.4 Å². The highest BCUT2D eigenvalue weighted by Crippen LogP contribution is 2.18. The molecule has 0 rings (SSSR count). The van der Waals surface area contributed by atoms with Crippen LogP contribution in [0.4, 0.5) is 0 Å². The van der Waals surface area contributed by atoms with Crippen LogP contribution in [-0.2, 0) is 19.0 Å². The predicted octanol–water partition coefficient (Wildman–Crippen LogP) is 2.26. The molecule has 0 spiro atoms. The number of unbranched alkanes of at least 4 members (excludes halogenated alkanes) is 3. The van der Waals surface area contributed by atoms with Crippen LogP contribution in [-0.4, -0.2) is 43.3 Å². The fraction of sp³-hybridized carbons (Fsp3) is 0.929. The summed E-state index contributed by atoms with van der Waals surface area (Å²) in [4.78, 5) is 11.0. The van der Waals surface area contributed by atoms with E-state index in [9.17, 15) is 9.90 Å². The molecule has 0 saturated heterocycles. The SMILES string of the molecule is CCCCCCC(O)(COCCOCC)OC(C)=O. The number of carbonyl (C=O) groups excluding carboxylic acids is 1. The van der Waals surface area contributed by atoms with E-state index in [2.05, 4.69) is 6.92 Å². The number of hydrogen-bond donors (Lipinski definition) is 1. The summed E-state index contributed by atoms with van der Waals surface area (Å²) in [6.45, 7) is 6.80. The zero-order valence-electron chi connectivity index (χ0n) is 12.4. The van der Waals surface area contributed by atoms with Crippen molar-refractivity contribution in [2.45, 2.75) is 58.7 Å². The molecule has 0 radical (unpaired) electrons. The van der Waals surface area contributed by atoms with Gasteiger partial charge in [0.15, 0.2) is 0 Å². The Hall–Kier alpha value is -0.650. The van der Waals surface area contributed by atoms with Crippen molar-refractivity contribution in [2.24, 2.45) is 0 Å². The summed E-state index contributed by atoms with van der Waals surface area (Å²) >= 11 is 0. The van der Waals surface area contributed by atoms with E-state index < -0.39 is 11.8 Å². The average Bonchev–Trinajstić information content (AvgIpc) is 2.34. The molecule has 0 heterocycles. The number of ether oxygens (including phenoxy) is 3. The normalized spacial score (nSPS) is 14.1. The minimum Gasteiger partial charge on any atom is -0.431 e. The Bertz CT molecular complexity index is 232. The summed E-state index contributed by atoms with van der Waals surface area (Å²) < 4.78 is 15.4. The molecule has 0 aliphatic rings. The second-order valence-corrected chi connectivity index (χ2v) is 4.60. The van der Waals surface area contributed by atoms with Crippen LogP contribution in [0.25, 0.3) is 0 Å². The Morgan fingerprint density at radius 3 is 2.37 bits per heavy atom. The van der Waals surface area contributed by atoms with Crippen LogP contribution in [0, 0.1) is 0 Å². The highest BCUT2D eigenvalue weighted by Gasteiger charge is 2.30. The third-order valence-electron chi connectivity index (χ3n) is 2.66. The van der Waals surface area contributed by atoms with E-state index in [4.69, 9.17) is 14.2 Å². The molecule has 0 aromatic heterocycles. The lowest BCUT2D eigenvalue weighted by atomic mass is 10.1. The quantitative estimate of drug-likeness (QED) is 0.336. The maximum atomic E-state index is 11.0. The zero-order chi connectivity index (χ0) is 14.6. The second kappa shape index (κ2) is 11.2. The third-order valence-corrected chi connectivity index (χ3v) is 2.66. The van der Waals surface area contributed by atoms with Gasteiger partial charge < -0.3 is 19.3 Å². The van der Waals surface area contributed by atoms with Crippen LogP contribution < -0.4 is 0 Å². The van der Waals surface area contributed by atoms with Crippen LogP contribution in [0.1, 0.15) is 52.9 Å². The number of aliphatic hydroxyl groups is 1. The number of esters is 1. The van der Waals surface area contributed by atoms with Crippen LogP contribution in [0.3, 0.4) is 0 Å². The molecule has 0 aromatic rings. The van der Waals surface area contributed by atoms with E-state index in [-0.39, 0.29) is 6.61 Å². The van der Waals surface area contributed by atoms with Gasteiger partial charge in [0.1, 0.15) is 6.61 Å². The van der Waals surface area contributed by atoms with Gasteiger partial charge in [-0.25, -0.2) is 0 Å². The van der Waals surface area contributed by atoms with Gasteiger partial charge in [0.05, 0.1) is 13.2 Å². The first-order valence-electron chi connectivity index (χ1n) is 7.11. The lowest BCUT2D eigenvalue weighted by Gasteiger charge is -2.27. The second-order valence-electron chi connectivity index (χ2n) is 4.60. The molecule has 0 amide bonds. The lowest BCUT2D eigenvalue weighted by Crippen LogP contribution is -2.39. The monoisotopic (exact) mass is 276 g/mol. The molecular formula is C14H28O5. The van der Waals surface area contributed by atoms with Crippen molar-refractivity contribution >= 4 is 5.97 Å². The predicted molar refractivity (Wildman–Crippen MR) is 72.8 cm³/mol. The lowest BCUT2D eigenvalue weighted by molar-refractivity contribution is -0.231. The van der Waals surface area contributed by atoms with Crippen molar-refractivity contribution in [1.82, 2.24) is 0 Å². The summed E-state index contributed by atoms with van der Waals surface area (Å²) in [6.07, 6.45) is 4.46. The number of rotatable bonds is 12. The first kappa shape index (κ1) is 18.4. The number of carbonyl (C=O) groups is 1. The van der Waals surface area contributed by atoms with Gasteiger partial charge >= 0.3 is 5.97 Å². The largest absolute Gasteiger partial charge is 0.431 e. The Morgan fingerprint density at radius 2 is 1.79 bits per heavy atom. The summed E-state index contributed by atoms with van der Waals surface area (Å²) in [6, 6.07) is 0. The molecule has 1 N–H and O–H groups in total. The molecule has 114 valence electrons. The van der Waals surface area contributed by atoms with E-state index in [1.54, 1.807) is 0 Å². The smallest absolute Gasteiger partial charge is 0.305 e. The summed E-state index contributed by atoms with van der Waals surface area (Å²) in [7, 11) is 0. The summed E-state index contributed by atoms with van der Waals surface area (Å²) in [5.41, 5.74) is 0. The molecule has 1 atom stereocenters. The Morgan fingerprint density at radius 1 is 1.11 bits per heavy atom. The molecule has 0 aromatic carbocycles. The Kier molecular flexibility index (Phi) is 10.8. The average molecular weight is 276 g/mol. The van der Waals surface area contributed by atoms with Gasteiger partial charge in [0.25, 0.3) is 0 Å². The minimum atomic E-state index is -1.51. The maximum absolute atomic E-state index is 11.0. The molecule has 0 aliphatic heterocycles. The van der Waals surface area contributed by atoms with E-state index in [0.717, 1.165) is 25.7 Å². The van der Waals surface area contributed by atoms with E-state index >= 15 is 0 Å². The molecule has 0 bridgehead atoms. The molecule has 19 heavy (non-hydrogen) atoms. The summed E-state index contributed by atoms with van der Waals surface area (Å²) in [5, 5.41) is 10.2. The Balaban J connectivity index is 3.99. The molecule has 5 nitrogen and oxygen atoms in total. The first-order chi connectivity index (χ1) is 9.04. The van der Waals surface area contributed by atoms with E-state index in [1.165, 1.54) is 6.92 Å². The zero-order valence-corrected chi connectivity index (χ0v) is 12.4. The number of hydrogen-bond acceptors (Lipinski definition) is 5.